The van der Waals surface area contributed by atoms with Gasteiger partial charge in [-0.05, 0) is 36.5 Å². The zero-order chi connectivity index (χ0) is 7.45. The van der Waals surface area contributed by atoms with E-state index < -0.39 is 0 Å². The first kappa shape index (κ1) is 5.61. The van der Waals surface area contributed by atoms with E-state index >= 15 is 0 Å². The first-order chi connectivity index (χ1) is 5.93. The molecule has 2 nitrogen and oxygen atoms in total. The van der Waals surface area contributed by atoms with Gasteiger partial charge in [-0.25, -0.2) is 0 Å². The summed E-state index contributed by atoms with van der Waals surface area (Å²) < 4.78 is 11.3. The van der Waals surface area contributed by atoms with E-state index in [1.54, 1.807) is 0 Å². The Morgan fingerprint density at radius 3 is 2.67 bits per heavy atom. The molecule has 5 fully saturated rings. The molecule has 0 spiro atoms. The van der Waals surface area contributed by atoms with Crippen molar-refractivity contribution in [2.45, 2.75) is 37.3 Å². The van der Waals surface area contributed by atoms with Gasteiger partial charge in [0.05, 0.1) is 24.4 Å². The molecule has 3 saturated carbocycles. The molecule has 5 rings (SSSR count). The van der Waals surface area contributed by atoms with Gasteiger partial charge < -0.3 is 9.47 Å². The van der Waals surface area contributed by atoms with Crippen LogP contribution in [0.1, 0.15) is 12.8 Å². The fourth-order valence-corrected chi connectivity index (χ4v) is 4.58. The maximum absolute atomic E-state index is 5.69. The van der Waals surface area contributed by atoms with Gasteiger partial charge in [0, 0.05) is 0 Å². The molecule has 0 aromatic carbocycles. The molecule has 0 aromatic rings. The molecule has 4 unspecified atom stereocenters. The molecule has 12 heavy (non-hydrogen) atoms. The first-order valence-electron chi connectivity index (χ1n) is 5.24. The second-order valence-electron chi connectivity index (χ2n) is 5.24. The van der Waals surface area contributed by atoms with Crippen LogP contribution in [0.4, 0.5) is 0 Å². The monoisotopic (exact) mass is 164 g/mol. The summed E-state index contributed by atoms with van der Waals surface area (Å²) in [6.07, 6.45) is 5.58. The van der Waals surface area contributed by atoms with Crippen molar-refractivity contribution in [1.29, 1.82) is 0 Å². The molecule has 2 bridgehead atoms. The van der Waals surface area contributed by atoms with Crippen molar-refractivity contribution in [3.8, 4) is 0 Å². The summed E-state index contributed by atoms with van der Waals surface area (Å²) in [4.78, 5) is 0. The van der Waals surface area contributed by atoms with Crippen LogP contribution in [0.25, 0.3) is 0 Å². The smallest absolute Gasteiger partial charge is 0.0876 e. The SMILES string of the molecule is C1C2OC2[C@H]2[C@@H]1[C@@H]1C[C@H]2C2OC21. The molecule has 0 aromatic heterocycles. The van der Waals surface area contributed by atoms with Crippen LogP contribution < -0.4 is 0 Å². The minimum atomic E-state index is 0.676. The van der Waals surface area contributed by atoms with Crippen molar-refractivity contribution in [3.63, 3.8) is 0 Å². The van der Waals surface area contributed by atoms with Crippen LogP contribution in [-0.4, -0.2) is 24.4 Å². The maximum atomic E-state index is 5.69. The second-order valence-corrected chi connectivity index (χ2v) is 5.24. The average molecular weight is 164 g/mol. The second kappa shape index (κ2) is 1.38. The number of epoxide rings is 2. The fourth-order valence-electron chi connectivity index (χ4n) is 4.58. The van der Waals surface area contributed by atoms with Gasteiger partial charge in [-0.2, -0.15) is 0 Å². The van der Waals surface area contributed by atoms with Gasteiger partial charge in [-0.1, -0.05) is 0 Å². The van der Waals surface area contributed by atoms with Crippen molar-refractivity contribution >= 4 is 0 Å². The molecule has 64 valence electrons. The van der Waals surface area contributed by atoms with Crippen molar-refractivity contribution in [3.05, 3.63) is 0 Å². The molecule has 0 radical (unpaired) electrons. The summed E-state index contributed by atoms with van der Waals surface area (Å²) in [5, 5.41) is 0. The first-order valence-corrected chi connectivity index (χ1v) is 5.24. The topological polar surface area (TPSA) is 25.1 Å². The highest BCUT2D eigenvalue weighted by Crippen LogP contribution is 2.69. The third kappa shape index (κ3) is 0.409. The Balaban J connectivity index is 1.66. The molecule has 5 aliphatic rings. The van der Waals surface area contributed by atoms with Gasteiger partial charge in [-0.15, -0.1) is 0 Å². The third-order valence-corrected chi connectivity index (χ3v) is 4.99. The number of hydrogen-bond acceptors (Lipinski definition) is 2. The Morgan fingerprint density at radius 2 is 1.67 bits per heavy atom. The van der Waals surface area contributed by atoms with Crippen LogP contribution in [0.2, 0.25) is 0 Å². The molecule has 0 N–H and O–H groups in total. The number of ether oxygens (including phenoxy) is 2. The van der Waals surface area contributed by atoms with E-state index in [9.17, 15) is 0 Å². The van der Waals surface area contributed by atoms with Crippen LogP contribution in [0.15, 0.2) is 0 Å². The van der Waals surface area contributed by atoms with Crippen LogP contribution in [-0.2, 0) is 9.47 Å². The summed E-state index contributed by atoms with van der Waals surface area (Å²) in [5.74, 6) is 3.77. The third-order valence-electron chi connectivity index (χ3n) is 4.99. The highest BCUT2D eigenvalue weighted by Gasteiger charge is 2.74. The van der Waals surface area contributed by atoms with Gasteiger partial charge in [0.15, 0.2) is 0 Å². The highest BCUT2D eigenvalue weighted by atomic mass is 16.6. The lowest BCUT2D eigenvalue weighted by Crippen LogP contribution is -2.27. The Kier molecular flexibility index (Phi) is 0.644. The van der Waals surface area contributed by atoms with E-state index in [0.717, 1.165) is 23.7 Å². The van der Waals surface area contributed by atoms with Gasteiger partial charge >= 0.3 is 0 Å². The molecular formula is C10H12O2. The van der Waals surface area contributed by atoms with Crippen LogP contribution >= 0.6 is 0 Å². The van der Waals surface area contributed by atoms with Crippen molar-refractivity contribution in [2.75, 3.05) is 0 Å². The van der Waals surface area contributed by atoms with E-state index in [1.807, 2.05) is 0 Å². The van der Waals surface area contributed by atoms with E-state index in [2.05, 4.69) is 0 Å². The van der Waals surface area contributed by atoms with Crippen LogP contribution in [0.5, 0.6) is 0 Å². The fraction of sp³-hybridized carbons (Fsp3) is 1.00. The lowest BCUT2D eigenvalue weighted by atomic mass is 9.81. The van der Waals surface area contributed by atoms with Crippen molar-refractivity contribution in [1.82, 2.24) is 0 Å². The van der Waals surface area contributed by atoms with Gasteiger partial charge in [0.25, 0.3) is 0 Å². The van der Waals surface area contributed by atoms with Crippen molar-refractivity contribution < 1.29 is 9.47 Å². The summed E-state index contributed by atoms with van der Waals surface area (Å²) in [6.45, 7) is 0. The molecule has 2 heteroatoms. The van der Waals surface area contributed by atoms with Gasteiger partial charge in [0.2, 0.25) is 0 Å². The number of fused-ring (bicyclic) bond motifs is 10. The predicted molar refractivity (Wildman–Crippen MR) is 40.5 cm³/mol. The quantitative estimate of drug-likeness (QED) is 0.495. The van der Waals surface area contributed by atoms with Crippen LogP contribution in [0.3, 0.4) is 0 Å². The van der Waals surface area contributed by atoms with Crippen LogP contribution in [0, 0.1) is 23.7 Å². The number of hydrogen-bond donors (Lipinski definition) is 0. The molecular weight excluding hydrogens is 152 g/mol. The molecule has 2 aliphatic heterocycles. The van der Waals surface area contributed by atoms with Crippen molar-refractivity contribution in [2.24, 2.45) is 23.7 Å². The molecule has 2 saturated heterocycles. The molecule has 8 atom stereocenters. The zero-order valence-corrected chi connectivity index (χ0v) is 6.85. The lowest BCUT2D eigenvalue weighted by molar-refractivity contribution is 0.162. The Hall–Kier alpha value is -0.0800. The summed E-state index contributed by atoms with van der Waals surface area (Å²) in [6, 6.07) is 0. The largest absolute Gasteiger partial charge is 0.369 e. The van der Waals surface area contributed by atoms with Gasteiger partial charge in [-0.3, -0.25) is 0 Å². The Bertz CT molecular complexity index is 273. The average Bonchev–Trinajstić information content (AvgIpc) is 2.92. The normalized spacial score (nSPS) is 80.0. The molecule has 2 heterocycles. The maximum Gasteiger partial charge on any atom is 0.0876 e. The molecule has 0 amide bonds. The standard InChI is InChI=1S/C10H12O2/c1-4-3-2-6-10(11-6)7(3)5(1)9-8(4)12-9/h3-10H,1-2H2/t3-,4-,5+,6?,7-,8?,9?,10?/m0/s1. The van der Waals surface area contributed by atoms with E-state index in [4.69, 9.17) is 9.47 Å². The van der Waals surface area contributed by atoms with E-state index in [0.29, 0.717) is 24.4 Å². The minimum Gasteiger partial charge on any atom is -0.369 e. The minimum absolute atomic E-state index is 0.676. The van der Waals surface area contributed by atoms with E-state index in [1.165, 1.54) is 12.8 Å². The predicted octanol–water partition coefficient (Wildman–Crippen LogP) is 0.807. The number of rotatable bonds is 0. The lowest BCUT2D eigenvalue weighted by Gasteiger charge is -2.22. The Morgan fingerprint density at radius 1 is 0.750 bits per heavy atom. The van der Waals surface area contributed by atoms with Gasteiger partial charge in [0.1, 0.15) is 0 Å². The highest BCUT2D eigenvalue weighted by molar-refractivity contribution is 5.21. The summed E-state index contributed by atoms with van der Waals surface area (Å²) in [5.41, 5.74) is 0. The molecule has 3 aliphatic carbocycles. The zero-order valence-electron chi connectivity index (χ0n) is 6.85. The Labute approximate surface area is 71.2 Å². The summed E-state index contributed by atoms with van der Waals surface area (Å²) in [7, 11) is 0. The van der Waals surface area contributed by atoms with E-state index in [-0.39, 0.29) is 0 Å². The summed E-state index contributed by atoms with van der Waals surface area (Å²) >= 11 is 0.